The fourth-order valence-corrected chi connectivity index (χ4v) is 2.40. The van der Waals surface area contributed by atoms with Crippen LogP contribution in [-0.4, -0.2) is 48.4 Å². The molecule has 0 radical (unpaired) electrons. The van der Waals surface area contributed by atoms with E-state index >= 15 is 0 Å². The number of methoxy groups -OCH3 is 1. The standard InChI is InChI=1S/C20H18F2N2O7/c1-30-12-5-2-4-11(8-12)23-19(28)20(29)24-15(9-17(26)27)16(25)10-31-18-13(21)6-3-7-14(18)22/h2-8,15H,9-10H2,1H3,(H,23,28)(H,24,29)(H,26,27)/t15-/m0/s1. The first-order chi connectivity index (χ1) is 14.7. The number of hydrogen-bond acceptors (Lipinski definition) is 6. The average molecular weight is 436 g/mol. The van der Waals surface area contributed by atoms with Crippen molar-refractivity contribution in [2.45, 2.75) is 12.5 Å². The van der Waals surface area contributed by atoms with Crippen LogP contribution in [0.15, 0.2) is 42.5 Å². The smallest absolute Gasteiger partial charge is 0.313 e. The number of carboxylic acid groups (broad SMARTS) is 1. The molecule has 1 atom stereocenters. The minimum atomic E-state index is -1.67. The van der Waals surface area contributed by atoms with E-state index in [-0.39, 0.29) is 5.69 Å². The zero-order valence-corrected chi connectivity index (χ0v) is 16.2. The fourth-order valence-electron chi connectivity index (χ4n) is 2.40. The van der Waals surface area contributed by atoms with Crippen molar-refractivity contribution < 1.29 is 42.5 Å². The Morgan fingerprint density at radius 3 is 2.29 bits per heavy atom. The van der Waals surface area contributed by atoms with Crippen molar-refractivity contribution in [1.29, 1.82) is 0 Å². The lowest BCUT2D eigenvalue weighted by molar-refractivity contribution is -0.142. The number of carbonyl (C=O) groups excluding carboxylic acids is 3. The summed E-state index contributed by atoms with van der Waals surface area (Å²) >= 11 is 0. The van der Waals surface area contributed by atoms with Gasteiger partial charge in [-0.3, -0.25) is 19.2 Å². The highest BCUT2D eigenvalue weighted by Crippen LogP contribution is 2.21. The van der Waals surface area contributed by atoms with Gasteiger partial charge >= 0.3 is 17.8 Å². The first kappa shape index (κ1) is 23.3. The molecule has 31 heavy (non-hydrogen) atoms. The van der Waals surface area contributed by atoms with Gasteiger partial charge in [0, 0.05) is 11.8 Å². The molecule has 2 rings (SSSR count). The second-order valence-electron chi connectivity index (χ2n) is 6.12. The molecule has 9 nitrogen and oxygen atoms in total. The molecule has 2 aromatic carbocycles. The van der Waals surface area contributed by atoms with Crippen molar-refractivity contribution >= 4 is 29.3 Å². The van der Waals surface area contributed by atoms with Crippen molar-refractivity contribution in [3.05, 3.63) is 54.1 Å². The molecule has 2 amide bonds. The molecular formula is C20H18F2N2O7. The molecule has 0 bridgehead atoms. The highest BCUT2D eigenvalue weighted by Gasteiger charge is 2.27. The Bertz CT molecular complexity index is 977. The molecule has 0 aliphatic carbocycles. The van der Waals surface area contributed by atoms with E-state index in [1.165, 1.54) is 19.2 Å². The van der Waals surface area contributed by atoms with E-state index in [4.69, 9.17) is 14.6 Å². The van der Waals surface area contributed by atoms with E-state index in [1.807, 2.05) is 5.32 Å². The quantitative estimate of drug-likeness (QED) is 0.508. The molecule has 11 heteroatoms. The monoisotopic (exact) mass is 436 g/mol. The highest BCUT2D eigenvalue weighted by molar-refractivity contribution is 6.40. The van der Waals surface area contributed by atoms with E-state index in [2.05, 4.69) is 5.32 Å². The van der Waals surface area contributed by atoms with E-state index < -0.39 is 60.0 Å². The molecule has 164 valence electrons. The summed E-state index contributed by atoms with van der Waals surface area (Å²) in [6.45, 7) is -0.937. The van der Waals surface area contributed by atoms with Gasteiger partial charge in [0.05, 0.1) is 13.5 Å². The molecule has 0 unspecified atom stereocenters. The fraction of sp³-hybridized carbons (Fsp3) is 0.200. The third-order valence-electron chi connectivity index (χ3n) is 3.88. The summed E-state index contributed by atoms with van der Waals surface area (Å²) in [5, 5.41) is 13.2. The number of aliphatic carboxylic acids is 1. The number of benzene rings is 2. The van der Waals surface area contributed by atoms with Crippen LogP contribution >= 0.6 is 0 Å². The van der Waals surface area contributed by atoms with Gasteiger partial charge in [-0.15, -0.1) is 0 Å². The zero-order valence-electron chi connectivity index (χ0n) is 16.2. The van der Waals surface area contributed by atoms with Gasteiger partial charge < -0.3 is 25.2 Å². The number of rotatable bonds is 9. The van der Waals surface area contributed by atoms with Crippen LogP contribution in [-0.2, 0) is 19.2 Å². The number of carbonyl (C=O) groups is 4. The second kappa shape index (κ2) is 10.7. The van der Waals surface area contributed by atoms with Gasteiger partial charge in [-0.25, -0.2) is 8.78 Å². The van der Waals surface area contributed by atoms with Gasteiger partial charge in [-0.1, -0.05) is 12.1 Å². The SMILES string of the molecule is COc1cccc(NC(=O)C(=O)N[C@@H](CC(=O)O)C(=O)COc2c(F)cccc2F)c1. The van der Waals surface area contributed by atoms with Crippen molar-refractivity contribution in [2.75, 3.05) is 19.0 Å². The molecule has 0 spiro atoms. The molecule has 2 aromatic rings. The molecule has 3 N–H and O–H groups in total. The lowest BCUT2D eigenvalue weighted by Gasteiger charge is -2.16. The Morgan fingerprint density at radius 2 is 1.68 bits per heavy atom. The highest BCUT2D eigenvalue weighted by atomic mass is 19.1. The van der Waals surface area contributed by atoms with Crippen LogP contribution in [0.4, 0.5) is 14.5 Å². The maximum atomic E-state index is 13.6. The maximum absolute atomic E-state index is 13.6. The van der Waals surface area contributed by atoms with Crippen molar-refractivity contribution in [3.8, 4) is 11.5 Å². The minimum absolute atomic E-state index is 0.221. The molecule has 0 aliphatic heterocycles. The lowest BCUT2D eigenvalue weighted by atomic mass is 10.1. The topological polar surface area (TPSA) is 131 Å². The Morgan fingerprint density at radius 1 is 1.03 bits per heavy atom. The van der Waals surface area contributed by atoms with Gasteiger partial charge in [0.1, 0.15) is 18.4 Å². The van der Waals surface area contributed by atoms with E-state index in [1.54, 1.807) is 12.1 Å². The van der Waals surface area contributed by atoms with Crippen LogP contribution in [0.1, 0.15) is 6.42 Å². The molecule has 0 saturated carbocycles. The summed E-state index contributed by atoms with van der Waals surface area (Å²) in [5.74, 6) is -7.47. The number of nitrogens with one attached hydrogen (secondary N) is 2. The van der Waals surface area contributed by atoms with Crippen LogP contribution in [0.5, 0.6) is 11.5 Å². The van der Waals surface area contributed by atoms with Crippen LogP contribution in [0.2, 0.25) is 0 Å². The van der Waals surface area contributed by atoms with E-state index in [0.29, 0.717) is 5.75 Å². The third kappa shape index (κ3) is 6.77. The molecule has 0 saturated heterocycles. The lowest BCUT2D eigenvalue weighted by Crippen LogP contribution is -2.48. The predicted octanol–water partition coefficient (Wildman–Crippen LogP) is 1.52. The summed E-state index contributed by atoms with van der Waals surface area (Å²) in [6.07, 6.45) is -0.875. The average Bonchev–Trinajstić information content (AvgIpc) is 2.72. The summed E-state index contributed by atoms with van der Waals surface area (Å²) in [5.41, 5.74) is 0.221. The summed E-state index contributed by atoms with van der Waals surface area (Å²) in [6, 6.07) is 7.30. The van der Waals surface area contributed by atoms with Gasteiger partial charge in [-0.2, -0.15) is 0 Å². The zero-order chi connectivity index (χ0) is 23.0. The number of para-hydroxylation sites is 1. The van der Waals surface area contributed by atoms with Gasteiger partial charge in [-0.05, 0) is 24.3 Å². The summed E-state index contributed by atoms with van der Waals surface area (Å²) in [7, 11) is 1.41. The molecule has 0 aliphatic rings. The predicted molar refractivity (Wildman–Crippen MR) is 103 cm³/mol. The van der Waals surface area contributed by atoms with Crippen LogP contribution in [0.25, 0.3) is 0 Å². The summed E-state index contributed by atoms with van der Waals surface area (Å²) < 4.78 is 37.0. The third-order valence-corrected chi connectivity index (χ3v) is 3.88. The number of carboxylic acids is 1. The molecular weight excluding hydrogens is 418 g/mol. The van der Waals surface area contributed by atoms with Gasteiger partial charge in [0.15, 0.2) is 23.2 Å². The van der Waals surface area contributed by atoms with Gasteiger partial charge in [0.25, 0.3) is 0 Å². The number of Topliss-reactive ketones (excluding diaryl/α,β-unsaturated/α-hetero) is 1. The maximum Gasteiger partial charge on any atom is 0.313 e. The van der Waals surface area contributed by atoms with Crippen molar-refractivity contribution in [3.63, 3.8) is 0 Å². The Kier molecular flexibility index (Phi) is 8.01. The van der Waals surface area contributed by atoms with Crippen LogP contribution in [0, 0.1) is 11.6 Å². The summed E-state index contributed by atoms with van der Waals surface area (Å²) in [4.78, 5) is 47.5. The Labute approximate surface area is 175 Å². The van der Waals surface area contributed by atoms with E-state index in [0.717, 1.165) is 18.2 Å². The minimum Gasteiger partial charge on any atom is -0.497 e. The molecule has 0 aromatic heterocycles. The number of ketones is 1. The van der Waals surface area contributed by atoms with Crippen molar-refractivity contribution in [1.82, 2.24) is 5.32 Å². The second-order valence-corrected chi connectivity index (χ2v) is 6.12. The first-order valence-electron chi connectivity index (χ1n) is 8.78. The molecule has 0 heterocycles. The number of halogens is 2. The number of amides is 2. The molecule has 0 fully saturated rings. The van der Waals surface area contributed by atoms with Crippen LogP contribution in [0.3, 0.4) is 0 Å². The normalized spacial score (nSPS) is 11.2. The van der Waals surface area contributed by atoms with E-state index in [9.17, 15) is 28.0 Å². The first-order valence-corrected chi connectivity index (χ1v) is 8.78. The van der Waals surface area contributed by atoms with Crippen molar-refractivity contribution in [2.24, 2.45) is 0 Å². The largest absolute Gasteiger partial charge is 0.497 e. The van der Waals surface area contributed by atoms with Gasteiger partial charge in [0.2, 0.25) is 0 Å². The Balaban J connectivity index is 2.03. The number of anilines is 1. The Hall–Kier alpha value is -4.02. The van der Waals surface area contributed by atoms with Crippen LogP contribution < -0.4 is 20.1 Å². The number of hydrogen-bond donors (Lipinski definition) is 3. The number of ether oxygens (including phenoxy) is 2.